The number of nitrogen functional groups attached to an aromatic ring is 1. The van der Waals surface area contributed by atoms with E-state index in [4.69, 9.17) is 10.5 Å². The second kappa shape index (κ2) is 10.0. The molecule has 0 amide bonds. The zero-order valence-corrected chi connectivity index (χ0v) is 18.5. The lowest BCUT2D eigenvalue weighted by molar-refractivity contribution is 0.306. The number of rotatable bonds is 5. The highest BCUT2D eigenvalue weighted by atomic mass is 35.5. The quantitative estimate of drug-likeness (QED) is 0.456. The van der Waals surface area contributed by atoms with Crippen molar-refractivity contribution in [3.63, 3.8) is 0 Å². The average Bonchev–Trinajstić information content (AvgIpc) is 3.42. The third-order valence-electron chi connectivity index (χ3n) is 5.48. The molecule has 1 unspecified atom stereocenters. The number of nitrogens with two attached hydrogens (primary N) is 1. The minimum atomic E-state index is 0. The van der Waals surface area contributed by atoms with Gasteiger partial charge < -0.3 is 20.4 Å². The van der Waals surface area contributed by atoms with E-state index in [9.17, 15) is 0 Å². The molecule has 2 aromatic carbocycles. The van der Waals surface area contributed by atoms with Crippen molar-refractivity contribution in [2.45, 2.75) is 19.1 Å². The standard InChI is InChI=1S/C23H23N5O.2ClH/c24-22-21-20(13-28(18-10-11-25-12-18)23(21)27-15-26-22)17-6-8-19(9-7-17)29-14-16-4-2-1-3-5-16;;/h1-9,13,15,18,25H,10-12,14H2,(H2,24,26,27);2*1H. The van der Waals surface area contributed by atoms with Gasteiger partial charge in [-0.25, -0.2) is 9.97 Å². The lowest BCUT2D eigenvalue weighted by atomic mass is 10.1. The van der Waals surface area contributed by atoms with Crippen molar-refractivity contribution in [2.24, 2.45) is 0 Å². The average molecular weight is 458 g/mol. The van der Waals surface area contributed by atoms with E-state index in [1.165, 1.54) is 0 Å². The minimum Gasteiger partial charge on any atom is -0.489 e. The van der Waals surface area contributed by atoms with E-state index in [0.29, 0.717) is 18.5 Å². The molecule has 1 aliphatic heterocycles. The molecule has 1 aliphatic rings. The molecule has 4 aromatic rings. The van der Waals surface area contributed by atoms with Gasteiger partial charge in [0.25, 0.3) is 0 Å². The van der Waals surface area contributed by atoms with Crippen LogP contribution in [0.1, 0.15) is 18.0 Å². The van der Waals surface area contributed by atoms with Crippen molar-refractivity contribution in [1.82, 2.24) is 19.9 Å². The molecule has 1 saturated heterocycles. The number of nitrogens with zero attached hydrogens (tertiary/aromatic N) is 3. The molecule has 6 nitrogen and oxygen atoms in total. The van der Waals surface area contributed by atoms with Crippen LogP contribution in [0.15, 0.2) is 67.1 Å². The highest BCUT2D eigenvalue weighted by Gasteiger charge is 2.22. The molecular formula is C23H25Cl2N5O. The molecule has 0 saturated carbocycles. The van der Waals surface area contributed by atoms with Crippen LogP contribution in [0.25, 0.3) is 22.2 Å². The number of halogens is 2. The summed E-state index contributed by atoms with van der Waals surface area (Å²) >= 11 is 0. The van der Waals surface area contributed by atoms with Crippen LogP contribution < -0.4 is 15.8 Å². The second-order valence-electron chi connectivity index (χ2n) is 7.35. The molecule has 162 valence electrons. The van der Waals surface area contributed by atoms with Gasteiger partial charge in [0.1, 0.15) is 30.1 Å². The molecule has 2 aromatic heterocycles. The predicted octanol–water partition coefficient (Wildman–Crippen LogP) is 4.64. The van der Waals surface area contributed by atoms with Gasteiger partial charge >= 0.3 is 0 Å². The number of hydrogen-bond donors (Lipinski definition) is 2. The first-order valence-corrected chi connectivity index (χ1v) is 9.88. The van der Waals surface area contributed by atoms with Crippen LogP contribution in [0.4, 0.5) is 5.82 Å². The summed E-state index contributed by atoms with van der Waals surface area (Å²) in [5.41, 5.74) is 10.4. The Morgan fingerprint density at radius 1 is 1.03 bits per heavy atom. The number of anilines is 1. The summed E-state index contributed by atoms with van der Waals surface area (Å²) in [6.07, 6.45) is 4.79. The second-order valence-corrected chi connectivity index (χ2v) is 7.35. The molecule has 5 rings (SSSR count). The SMILES string of the molecule is Cl.Cl.Nc1ncnc2c1c(-c1ccc(OCc3ccccc3)cc1)cn2C1CCNC1. The Balaban J connectivity index is 0.00000136. The van der Waals surface area contributed by atoms with Crippen LogP contribution in [0.5, 0.6) is 5.75 Å². The van der Waals surface area contributed by atoms with Gasteiger partial charge in [0, 0.05) is 24.3 Å². The Morgan fingerprint density at radius 3 is 2.52 bits per heavy atom. The number of benzene rings is 2. The number of ether oxygens (including phenoxy) is 1. The zero-order valence-electron chi connectivity index (χ0n) is 16.9. The maximum atomic E-state index is 6.24. The van der Waals surface area contributed by atoms with Crippen LogP contribution in [0.3, 0.4) is 0 Å². The Labute approximate surface area is 193 Å². The van der Waals surface area contributed by atoms with Gasteiger partial charge in [0.05, 0.1) is 5.39 Å². The number of fused-ring (bicyclic) bond motifs is 1. The fourth-order valence-electron chi connectivity index (χ4n) is 3.95. The first kappa shape index (κ1) is 22.9. The van der Waals surface area contributed by atoms with Crippen LogP contribution in [-0.4, -0.2) is 27.6 Å². The van der Waals surface area contributed by atoms with Gasteiger partial charge in [-0.2, -0.15) is 0 Å². The maximum Gasteiger partial charge on any atom is 0.146 e. The van der Waals surface area contributed by atoms with Gasteiger partial charge in [0.2, 0.25) is 0 Å². The van der Waals surface area contributed by atoms with E-state index in [2.05, 4.69) is 50.3 Å². The largest absolute Gasteiger partial charge is 0.489 e. The van der Waals surface area contributed by atoms with Crippen molar-refractivity contribution in [3.8, 4) is 16.9 Å². The fourth-order valence-corrected chi connectivity index (χ4v) is 3.95. The number of aromatic nitrogens is 3. The van der Waals surface area contributed by atoms with Crippen LogP contribution in [0, 0.1) is 0 Å². The van der Waals surface area contributed by atoms with Gasteiger partial charge in [0.15, 0.2) is 0 Å². The highest BCUT2D eigenvalue weighted by molar-refractivity contribution is 6.00. The van der Waals surface area contributed by atoms with Crippen LogP contribution >= 0.6 is 24.8 Å². The van der Waals surface area contributed by atoms with E-state index in [1.807, 2.05) is 30.3 Å². The molecule has 31 heavy (non-hydrogen) atoms. The van der Waals surface area contributed by atoms with E-state index in [0.717, 1.165) is 53.0 Å². The molecule has 1 fully saturated rings. The van der Waals surface area contributed by atoms with Crippen LogP contribution in [0.2, 0.25) is 0 Å². The summed E-state index contributed by atoms with van der Waals surface area (Å²) in [4.78, 5) is 8.76. The van der Waals surface area contributed by atoms with Crippen LogP contribution in [-0.2, 0) is 6.61 Å². The number of hydrogen-bond acceptors (Lipinski definition) is 5. The number of nitrogens with one attached hydrogen (secondary N) is 1. The Hall–Kier alpha value is -2.80. The molecule has 0 aliphatic carbocycles. The van der Waals surface area contributed by atoms with Gasteiger partial charge in [-0.1, -0.05) is 42.5 Å². The molecule has 0 radical (unpaired) electrons. The van der Waals surface area contributed by atoms with Crippen molar-refractivity contribution in [2.75, 3.05) is 18.8 Å². The van der Waals surface area contributed by atoms with Crippen molar-refractivity contribution < 1.29 is 4.74 Å². The van der Waals surface area contributed by atoms with Gasteiger partial charge in [-0.15, -0.1) is 24.8 Å². The predicted molar refractivity (Wildman–Crippen MR) is 129 cm³/mol. The van der Waals surface area contributed by atoms with E-state index < -0.39 is 0 Å². The molecular weight excluding hydrogens is 433 g/mol. The molecule has 0 bridgehead atoms. The normalized spacial score (nSPS) is 15.3. The maximum absolute atomic E-state index is 6.24. The van der Waals surface area contributed by atoms with Crippen molar-refractivity contribution in [1.29, 1.82) is 0 Å². The summed E-state index contributed by atoms with van der Waals surface area (Å²) in [5.74, 6) is 1.35. The monoisotopic (exact) mass is 457 g/mol. The highest BCUT2D eigenvalue weighted by Crippen LogP contribution is 2.35. The summed E-state index contributed by atoms with van der Waals surface area (Å²) < 4.78 is 8.16. The molecule has 3 N–H and O–H groups in total. The summed E-state index contributed by atoms with van der Waals surface area (Å²) in [6, 6.07) is 18.7. The first-order valence-electron chi connectivity index (χ1n) is 9.88. The fraction of sp³-hybridized carbons (Fsp3) is 0.217. The lowest BCUT2D eigenvalue weighted by Gasteiger charge is -2.11. The van der Waals surface area contributed by atoms with E-state index in [-0.39, 0.29) is 24.8 Å². The third-order valence-corrected chi connectivity index (χ3v) is 5.48. The Bertz CT molecular complexity index is 1130. The smallest absolute Gasteiger partial charge is 0.146 e. The van der Waals surface area contributed by atoms with Gasteiger partial charge in [-0.05, 0) is 36.2 Å². The van der Waals surface area contributed by atoms with Crippen molar-refractivity contribution in [3.05, 3.63) is 72.7 Å². The third kappa shape index (κ3) is 4.61. The minimum absolute atomic E-state index is 0. The van der Waals surface area contributed by atoms with E-state index >= 15 is 0 Å². The summed E-state index contributed by atoms with van der Waals surface area (Å²) in [7, 11) is 0. The molecule has 1 atom stereocenters. The Morgan fingerprint density at radius 2 is 1.81 bits per heavy atom. The molecule has 3 heterocycles. The van der Waals surface area contributed by atoms with Gasteiger partial charge in [-0.3, -0.25) is 0 Å². The van der Waals surface area contributed by atoms with E-state index in [1.54, 1.807) is 6.33 Å². The summed E-state index contributed by atoms with van der Waals surface area (Å²) in [6.45, 7) is 2.52. The summed E-state index contributed by atoms with van der Waals surface area (Å²) in [5, 5.41) is 4.34. The topological polar surface area (TPSA) is 78.0 Å². The molecule has 8 heteroatoms. The first-order chi connectivity index (χ1) is 14.3. The zero-order chi connectivity index (χ0) is 19.6. The Kier molecular flexibility index (Phi) is 7.38. The molecule has 0 spiro atoms. The van der Waals surface area contributed by atoms with Crippen molar-refractivity contribution >= 4 is 41.7 Å². The lowest BCUT2D eigenvalue weighted by Crippen LogP contribution is -2.13.